The summed E-state index contributed by atoms with van der Waals surface area (Å²) in [6, 6.07) is 8.97. The van der Waals surface area contributed by atoms with E-state index in [1.54, 1.807) is 42.5 Å². The number of hydrogen-bond acceptors (Lipinski definition) is 2. The Kier molecular flexibility index (Phi) is 4.78. The highest BCUT2D eigenvalue weighted by molar-refractivity contribution is 9.10. The zero-order chi connectivity index (χ0) is 14.7. The van der Waals surface area contributed by atoms with Gasteiger partial charge in [0.1, 0.15) is 0 Å². The number of pyridine rings is 1. The number of benzene rings is 1. The van der Waals surface area contributed by atoms with Crippen LogP contribution in [-0.4, -0.2) is 22.8 Å². The summed E-state index contributed by atoms with van der Waals surface area (Å²) in [6.07, 6.45) is 3.44. The van der Waals surface area contributed by atoms with Crippen LogP contribution < -0.4 is 0 Å². The molecule has 0 N–H and O–H groups in total. The zero-order valence-electron chi connectivity index (χ0n) is 11.2. The Hall–Kier alpha value is -1.39. The lowest BCUT2D eigenvalue weighted by atomic mass is 10.1. The number of halogens is 2. The van der Waals surface area contributed by atoms with Gasteiger partial charge in [-0.05, 0) is 42.8 Å². The lowest BCUT2D eigenvalue weighted by Gasteiger charge is -2.25. The van der Waals surface area contributed by atoms with E-state index in [0.29, 0.717) is 10.6 Å². The predicted octanol–water partition coefficient (Wildman–Crippen LogP) is 4.33. The van der Waals surface area contributed by atoms with Gasteiger partial charge in [-0.2, -0.15) is 0 Å². The summed E-state index contributed by atoms with van der Waals surface area (Å²) in [5, 5.41) is 0.535. The molecule has 0 fully saturated rings. The Morgan fingerprint density at radius 1 is 1.30 bits per heavy atom. The SMILES string of the molecule is CC(c1ccncc1)N(C)C(=O)c1cc(Cl)cc(Br)c1. The minimum absolute atomic E-state index is 0.0387. The molecule has 1 atom stereocenters. The van der Waals surface area contributed by atoms with E-state index in [4.69, 9.17) is 11.6 Å². The summed E-state index contributed by atoms with van der Waals surface area (Å²) in [5.74, 6) is -0.0717. The number of nitrogens with zero attached hydrogens (tertiary/aromatic N) is 2. The van der Waals surface area contributed by atoms with Crippen LogP contribution in [0.1, 0.15) is 28.9 Å². The molecule has 2 rings (SSSR count). The van der Waals surface area contributed by atoms with Gasteiger partial charge in [0.15, 0.2) is 0 Å². The molecule has 1 unspecified atom stereocenters. The van der Waals surface area contributed by atoms with Gasteiger partial charge in [0.2, 0.25) is 0 Å². The van der Waals surface area contributed by atoms with Crippen molar-refractivity contribution in [2.75, 3.05) is 7.05 Å². The highest BCUT2D eigenvalue weighted by Gasteiger charge is 2.19. The first-order chi connectivity index (χ1) is 9.49. The van der Waals surface area contributed by atoms with Crippen molar-refractivity contribution in [3.63, 3.8) is 0 Å². The summed E-state index contributed by atoms with van der Waals surface area (Å²) in [7, 11) is 1.78. The Morgan fingerprint density at radius 2 is 1.95 bits per heavy atom. The van der Waals surface area contributed by atoms with Crippen LogP contribution in [0.3, 0.4) is 0 Å². The molecule has 104 valence electrons. The fourth-order valence-electron chi connectivity index (χ4n) is 1.92. The van der Waals surface area contributed by atoms with Gasteiger partial charge in [0, 0.05) is 34.5 Å². The topological polar surface area (TPSA) is 33.2 Å². The summed E-state index contributed by atoms with van der Waals surface area (Å²) in [5.41, 5.74) is 1.60. The van der Waals surface area contributed by atoms with E-state index in [1.807, 2.05) is 19.1 Å². The molecule has 0 spiro atoms. The third-order valence-corrected chi connectivity index (χ3v) is 3.88. The normalized spacial score (nSPS) is 12.0. The molecule has 5 heteroatoms. The van der Waals surface area contributed by atoms with Crippen LogP contribution >= 0.6 is 27.5 Å². The number of carbonyl (C=O) groups is 1. The Morgan fingerprint density at radius 3 is 2.55 bits per heavy atom. The van der Waals surface area contributed by atoms with Gasteiger partial charge in [-0.25, -0.2) is 0 Å². The van der Waals surface area contributed by atoms with Crippen molar-refractivity contribution in [1.29, 1.82) is 0 Å². The summed E-state index contributed by atoms with van der Waals surface area (Å²) < 4.78 is 0.790. The number of aromatic nitrogens is 1. The fourth-order valence-corrected chi connectivity index (χ4v) is 2.78. The maximum atomic E-state index is 12.5. The van der Waals surface area contributed by atoms with Gasteiger partial charge in [-0.3, -0.25) is 9.78 Å². The molecule has 2 aromatic rings. The van der Waals surface area contributed by atoms with Crippen molar-refractivity contribution >= 4 is 33.4 Å². The van der Waals surface area contributed by atoms with Crippen molar-refractivity contribution in [3.8, 4) is 0 Å². The van der Waals surface area contributed by atoms with Gasteiger partial charge in [0.25, 0.3) is 5.91 Å². The molecule has 20 heavy (non-hydrogen) atoms. The number of amides is 1. The predicted molar refractivity (Wildman–Crippen MR) is 83.9 cm³/mol. The van der Waals surface area contributed by atoms with Gasteiger partial charge in [-0.15, -0.1) is 0 Å². The van der Waals surface area contributed by atoms with E-state index in [9.17, 15) is 4.79 Å². The van der Waals surface area contributed by atoms with E-state index in [0.717, 1.165) is 10.0 Å². The number of rotatable bonds is 3. The molecule has 0 aliphatic carbocycles. The highest BCUT2D eigenvalue weighted by Crippen LogP contribution is 2.24. The zero-order valence-corrected chi connectivity index (χ0v) is 13.5. The van der Waals surface area contributed by atoms with Crippen molar-refractivity contribution in [2.24, 2.45) is 0 Å². The highest BCUT2D eigenvalue weighted by atomic mass is 79.9. The molecule has 0 aliphatic heterocycles. The van der Waals surface area contributed by atoms with Crippen LogP contribution in [0.25, 0.3) is 0 Å². The molecule has 1 aromatic heterocycles. The maximum absolute atomic E-state index is 12.5. The largest absolute Gasteiger partial charge is 0.335 e. The summed E-state index contributed by atoms with van der Waals surface area (Å²) >= 11 is 9.34. The molecule has 0 bridgehead atoms. The first kappa shape index (κ1) is 15.0. The Labute approximate surface area is 131 Å². The van der Waals surface area contributed by atoms with Crippen molar-refractivity contribution < 1.29 is 4.79 Å². The van der Waals surface area contributed by atoms with E-state index in [2.05, 4.69) is 20.9 Å². The van der Waals surface area contributed by atoms with Gasteiger partial charge in [-0.1, -0.05) is 27.5 Å². The van der Waals surface area contributed by atoms with Crippen molar-refractivity contribution in [3.05, 3.63) is 63.3 Å². The molecule has 1 aromatic carbocycles. The third kappa shape index (κ3) is 3.38. The lowest BCUT2D eigenvalue weighted by molar-refractivity contribution is 0.0742. The average molecular weight is 354 g/mol. The van der Waals surface area contributed by atoms with Crippen LogP contribution in [0, 0.1) is 0 Å². The van der Waals surface area contributed by atoms with Gasteiger partial charge < -0.3 is 4.90 Å². The molecular weight excluding hydrogens is 340 g/mol. The average Bonchev–Trinajstić information content (AvgIpc) is 2.45. The van der Waals surface area contributed by atoms with Crippen LogP contribution in [0.2, 0.25) is 5.02 Å². The fraction of sp³-hybridized carbons (Fsp3) is 0.200. The van der Waals surface area contributed by atoms with E-state index in [-0.39, 0.29) is 11.9 Å². The Balaban J connectivity index is 2.24. The first-order valence-electron chi connectivity index (χ1n) is 6.12. The Bertz CT molecular complexity index is 598. The monoisotopic (exact) mass is 352 g/mol. The first-order valence-corrected chi connectivity index (χ1v) is 7.29. The molecule has 0 aliphatic rings. The second-order valence-electron chi connectivity index (χ2n) is 4.53. The number of hydrogen-bond donors (Lipinski definition) is 0. The molecular formula is C15H14BrClN2O. The van der Waals surface area contributed by atoms with Crippen LogP contribution in [0.15, 0.2) is 47.2 Å². The minimum atomic E-state index is -0.0717. The maximum Gasteiger partial charge on any atom is 0.254 e. The minimum Gasteiger partial charge on any atom is -0.335 e. The van der Waals surface area contributed by atoms with Gasteiger partial charge >= 0.3 is 0 Å². The van der Waals surface area contributed by atoms with Gasteiger partial charge in [0.05, 0.1) is 6.04 Å². The van der Waals surface area contributed by atoms with Crippen LogP contribution in [0.5, 0.6) is 0 Å². The molecule has 0 saturated heterocycles. The van der Waals surface area contributed by atoms with E-state index >= 15 is 0 Å². The van der Waals surface area contributed by atoms with Crippen LogP contribution in [-0.2, 0) is 0 Å². The molecule has 0 saturated carbocycles. The molecule has 1 amide bonds. The standard InChI is InChI=1S/C15H14BrClN2O/c1-10(11-3-5-18-6-4-11)19(2)15(20)12-7-13(16)9-14(17)8-12/h3-10H,1-2H3. The summed E-state index contributed by atoms with van der Waals surface area (Å²) in [4.78, 5) is 18.2. The van der Waals surface area contributed by atoms with Crippen molar-refractivity contribution in [1.82, 2.24) is 9.88 Å². The number of carbonyl (C=O) groups excluding carboxylic acids is 1. The quantitative estimate of drug-likeness (QED) is 0.823. The third-order valence-electron chi connectivity index (χ3n) is 3.20. The second-order valence-corrected chi connectivity index (χ2v) is 5.88. The van der Waals surface area contributed by atoms with E-state index < -0.39 is 0 Å². The summed E-state index contributed by atoms with van der Waals surface area (Å²) in [6.45, 7) is 1.98. The molecule has 3 nitrogen and oxygen atoms in total. The van der Waals surface area contributed by atoms with E-state index in [1.165, 1.54) is 0 Å². The second kappa shape index (κ2) is 6.37. The smallest absolute Gasteiger partial charge is 0.254 e. The lowest BCUT2D eigenvalue weighted by Crippen LogP contribution is -2.29. The molecule has 1 heterocycles. The van der Waals surface area contributed by atoms with Crippen LogP contribution in [0.4, 0.5) is 0 Å². The van der Waals surface area contributed by atoms with Crippen molar-refractivity contribution in [2.45, 2.75) is 13.0 Å². The molecule has 0 radical (unpaired) electrons.